The van der Waals surface area contributed by atoms with E-state index in [9.17, 15) is 0 Å². The summed E-state index contributed by atoms with van der Waals surface area (Å²) in [5.41, 5.74) is 4.46. The predicted octanol–water partition coefficient (Wildman–Crippen LogP) is 2.51. The topological polar surface area (TPSA) is 65.4 Å². The van der Waals surface area contributed by atoms with E-state index >= 15 is 0 Å². The van der Waals surface area contributed by atoms with E-state index in [1.165, 1.54) is 11.1 Å². The van der Waals surface area contributed by atoms with Crippen LogP contribution in [0.15, 0.2) is 29.3 Å². The zero-order valence-corrected chi connectivity index (χ0v) is 14.8. The fourth-order valence-corrected chi connectivity index (χ4v) is 3.36. The third-order valence-corrected chi connectivity index (χ3v) is 4.62. The van der Waals surface area contributed by atoms with Crippen molar-refractivity contribution in [2.75, 3.05) is 36.4 Å². The lowest BCUT2D eigenvalue weighted by Gasteiger charge is -2.23. The first-order chi connectivity index (χ1) is 12.2. The van der Waals surface area contributed by atoms with Crippen LogP contribution < -0.4 is 15.5 Å². The van der Waals surface area contributed by atoms with Gasteiger partial charge in [0.05, 0.1) is 6.54 Å². The van der Waals surface area contributed by atoms with Crippen molar-refractivity contribution in [3.05, 3.63) is 41.1 Å². The normalized spacial score (nSPS) is 19.6. The van der Waals surface area contributed by atoms with Crippen LogP contribution in [0.5, 0.6) is 0 Å². The van der Waals surface area contributed by atoms with Crippen LogP contribution in [0.25, 0.3) is 0 Å². The zero-order chi connectivity index (χ0) is 17.2. The van der Waals surface area contributed by atoms with E-state index in [-0.39, 0.29) is 0 Å². The van der Waals surface area contributed by atoms with Crippen LogP contribution in [-0.2, 0) is 6.54 Å². The lowest BCUT2D eigenvalue weighted by Crippen LogP contribution is -2.31. The van der Waals surface area contributed by atoms with Crippen LogP contribution >= 0.6 is 0 Å². The van der Waals surface area contributed by atoms with Crippen molar-refractivity contribution in [1.29, 1.82) is 0 Å². The minimum atomic E-state index is 0.582. The molecule has 1 fully saturated rings. The number of hydrogen-bond donors (Lipinski definition) is 2. The number of aryl methyl sites for hydroxylation is 1. The SMILES string of the molecule is Cc1cc(Nc2ccc3c(c2)C=NC3)nc(N2CCNCC(C)C2)n1. The molecule has 0 saturated carbocycles. The van der Waals surface area contributed by atoms with Gasteiger partial charge >= 0.3 is 0 Å². The van der Waals surface area contributed by atoms with Crippen molar-refractivity contribution in [2.24, 2.45) is 10.9 Å². The van der Waals surface area contributed by atoms with Crippen LogP contribution in [0, 0.1) is 12.8 Å². The van der Waals surface area contributed by atoms with Gasteiger partial charge in [-0.05, 0) is 42.6 Å². The Morgan fingerprint density at radius 1 is 1.24 bits per heavy atom. The fourth-order valence-electron chi connectivity index (χ4n) is 3.36. The Morgan fingerprint density at radius 2 is 2.16 bits per heavy atom. The average molecular weight is 336 g/mol. The molecule has 130 valence electrons. The van der Waals surface area contributed by atoms with Gasteiger partial charge in [-0.3, -0.25) is 4.99 Å². The predicted molar refractivity (Wildman–Crippen MR) is 102 cm³/mol. The maximum atomic E-state index is 4.76. The lowest BCUT2D eigenvalue weighted by atomic mass is 10.1. The van der Waals surface area contributed by atoms with Crippen LogP contribution in [0.4, 0.5) is 17.5 Å². The summed E-state index contributed by atoms with van der Waals surface area (Å²) in [4.78, 5) is 16.0. The van der Waals surface area contributed by atoms with E-state index in [0.717, 1.165) is 55.9 Å². The van der Waals surface area contributed by atoms with Crippen LogP contribution in [0.3, 0.4) is 0 Å². The number of rotatable bonds is 3. The van der Waals surface area contributed by atoms with Crippen molar-refractivity contribution in [1.82, 2.24) is 15.3 Å². The standard InChI is InChI=1S/C19H24N6/c1-13-9-20-5-6-25(12-13)19-22-14(2)7-18(24-19)23-17-4-3-15-10-21-11-16(15)8-17/h3-4,7-8,11,13,20H,5-6,9-10,12H2,1-2H3,(H,22,23,24). The highest BCUT2D eigenvalue weighted by Gasteiger charge is 2.18. The van der Waals surface area contributed by atoms with Gasteiger partial charge in [-0.25, -0.2) is 4.98 Å². The number of aromatic nitrogens is 2. The van der Waals surface area contributed by atoms with Gasteiger partial charge in [0.25, 0.3) is 0 Å². The number of anilines is 3. The first-order valence-corrected chi connectivity index (χ1v) is 8.88. The molecule has 3 heterocycles. The summed E-state index contributed by atoms with van der Waals surface area (Å²) in [7, 11) is 0. The quantitative estimate of drug-likeness (QED) is 0.901. The molecule has 0 spiro atoms. The Kier molecular flexibility index (Phi) is 4.36. The van der Waals surface area contributed by atoms with Crippen LogP contribution in [0.1, 0.15) is 23.7 Å². The largest absolute Gasteiger partial charge is 0.340 e. The summed E-state index contributed by atoms with van der Waals surface area (Å²) in [5.74, 6) is 2.22. The molecule has 25 heavy (non-hydrogen) atoms. The highest BCUT2D eigenvalue weighted by atomic mass is 15.3. The number of nitrogens with zero attached hydrogens (tertiary/aromatic N) is 4. The smallest absolute Gasteiger partial charge is 0.227 e. The average Bonchev–Trinajstić information content (AvgIpc) is 2.94. The number of aliphatic imine (C=N–C) groups is 1. The number of benzene rings is 1. The first kappa shape index (κ1) is 16.0. The highest BCUT2D eigenvalue weighted by molar-refractivity contribution is 5.86. The summed E-state index contributed by atoms with van der Waals surface area (Å²) in [6, 6.07) is 8.33. The summed E-state index contributed by atoms with van der Waals surface area (Å²) in [6.07, 6.45) is 1.93. The zero-order valence-electron chi connectivity index (χ0n) is 14.8. The van der Waals surface area contributed by atoms with Crippen molar-refractivity contribution >= 4 is 23.7 Å². The van der Waals surface area contributed by atoms with E-state index in [4.69, 9.17) is 4.98 Å². The Balaban J connectivity index is 1.58. The van der Waals surface area contributed by atoms with E-state index in [1.807, 2.05) is 19.2 Å². The summed E-state index contributed by atoms with van der Waals surface area (Å²) < 4.78 is 0. The van der Waals surface area contributed by atoms with Crippen LogP contribution in [0.2, 0.25) is 0 Å². The van der Waals surface area contributed by atoms with Crippen molar-refractivity contribution in [3.8, 4) is 0 Å². The Labute approximate surface area is 148 Å². The lowest BCUT2D eigenvalue weighted by molar-refractivity contribution is 0.561. The number of fused-ring (bicyclic) bond motifs is 1. The third-order valence-electron chi connectivity index (χ3n) is 4.62. The molecule has 1 aromatic heterocycles. The van der Waals surface area contributed by atoms with Crippen molar-refractivity contribution in [2.45, 2.75) is 20.4 Å². The van der Waals surface area contributed by atoms with Gasteiger partial charge in [-0.1, -0.05) is 13.0 Å². The molecule has 0 amide bonds. The van der Waals surface area contributed by atoms with Gasteiger partial charge in [-0.15, -0.1) is 0 Å². The minimum absolute atomic E-state index is 0.582. The summed E-state index contributed by atoms with van der Waals surface area (Å²) in [5, 5.41) is 6.89. The maximum Gasteiger partial charge on any atom is 0.227 e. The molecule has 1 aromatic carbocycles. The molecule has 0 aliphatic carbocycles. The molecule has 0 bridgehead atoms. The molecule has 1 atom stereocenters. The second-order valence-corrected chi connectivity index (χ2v) is 6.96. The second kappa shape index (κ2) is 6.80. The Bertz CT molecular complexity index is 800. The minimum Gasteiger partial charge on any atom is -0.340 e. The summed E-state index contributed by atoms with van der Waals surface area (Å²) in [6.45, 7) is 8.98. The van der Waals surface area contributed by atoms with Gasteiger partial charge in [0.2, 0.25) is 5.95 Å². The molecule has 2 aliphatic heterocycles. The van der Waals surface area contributed by atoms with E-state index in [1.54, 1.807) is 0 Å². The Hall–Kier alpha value is -2.47. The molecule has 6 nitrogen and oxygen atoms in total. The maximum absolute atomic E-state index is 4.76. The third kappa shape index (κ3) is 3.64. The molecule has 4 rings (SSSR count). The molecule has 0 radical (unpaired) electrons. The molecule has 6 heteroatoms. The van der Waals surface area contributed by atoms with Gasteiger partial charge in [0.15, 0.2) is 0 Å². The molecule has 2 N–H and O–H groups in total. The second-order valence-electron chi connectivity index (χ2n) is 6.96. The van der Waals surface area contributed by atoms with Crippen LogP contribution in [-0.4, -0.2) is 42.4 Å². The Morgan fingerprint density at radius 3 is 3.08 bits per heavy atom. The molecule has 1 unspecified atom stereocenters. The fraction of sp³-hybridized carbons (Fsp3) is 0.421. The first-order valence-electron chi connectivity index (χ1n) is 8.88. The number of hydrogen-bond acceptors (Lipinski definition) is 6. The van der Waals surface area contributed by atoms with Gasteiger partial charge in [0, 0.05) is 43.3 Å². The number of nitrogens with one attached hydrogen (secondary N) is 2. The van der Waals surface area contributed by atoms with Crippen molar-refractivity contribution < 1.29 is 0 Å². The monoisotopic (exact) mass is 336 g/mol. The van der Waals surface area contributed by atoms with Gasteiger partial charge in [-0.2, -0.15) is 4.98 Å². The van der Waals surface area contributed by atoms with Crippen molar-refractivity contribution in [3.63, 3.8) is 0 Å². The van der Waals surface area contributed by atoms with E-state index < -0.39 is 0 Å². The van der Waals surface area contributed by atoms with Gasteiger partial charge < -0.3 is 15.5 Å². The summed E-state index contributed by atoms with van der Waals surface area (Å²) >= 11 is 0. The molecule has 2 aromatic rings. The molecular weight excluding hydrogens is 312 g/mol. The molecular formula is C19H24N6. The molecule has 2 aliphatic rings. The molecule has 1 saturated heterocycles. The van der Waals surface area contributed by atoms with Gasteiger partial charge in [0.1, 0.15) is 5.82 Å². The van der Waals surface area contributed by atoms with E-state index in [0.29, 0.717) is 5.92 Å². The van der Waals surface area contributed by atoms with E-state index in [2.05, 4.69) is 50.6 Å². The highest BCUT2D eigenvalue weighted by Crippen LogP contribution is 2.23.